The normalized spacial score (nSPS) is 10.3. The molecular weight excluding hydrogens is 262 g/mol. The van der Waals surface area contributed by atoms with Crippen molar-refractivity contribution in [3.05, 3.63) is 52.9 Å². The lowest BCUT2D eigenvalue weighted by Gasteiger charge is -2.16. The third kappa shape index (κ3) is 3.09. The highest BCUT2D eigenvalue weighted by Crippen LogP contribution is 2.16. The molecule has 98 valence electrons. The van der Waals surface area contributed by atoms with Gasteiger partial charge in [-0.1, -0.05) is 24.6 Å². The average Bonchev–Trinajstić information content (AvgIpc) is 2.46. The lowest BCUT2D eigenvalue weighted by molar-refractivity contribution is 0.0992. The second-order valence-electron chi connectivity index (χ2n) is 4.08. The van der Waals surface area contributed by atoms with E-state index >= 15 is 0 Å². The number of anilines is 1. The molecule has 2 rings (SSSR count). The van der Waals surface area contributed by atoms with Crippen molar-refractivity contribution in [2.75, 3.05) is 11.9 Å². The average molecular weight is 276 g/mol. The molecule has 2 heterocycles. The summed E-state index contributed by atoms with van der Waals surface area (Å²) < 4.78 is 0. The molecule has 0 spiro atoms. The molecule has 0 unspecified atom stereocenters. The molecule has 2 aromatic heterocycles. The van der Waals surface area contributed by atoms with Crippen molar-refractivity contribution in [2.45, 2.75) is 13.3 Å². The molecule has 0 aliphatic carbocycles. The number of pyridine rings is 2. The summed E-state index contributed by atoms with van der Waals surface area (Å²) in [6.07, 6.45) is 2.38. The number of nitrogens with zero attached hydrogens (tertiary/aromatic N) is 3. The Labute approximate surface area is 117 Å². The molecular formula is C14H14ClN3O. The maximum Gasteiger partial charge on any atom is 0.259 e. The number of carbonyl (C=O) groups is 1. The van der Waals surface area contributed by atoms with E-state index in [4.69, 9.17) is 11.6 Å². The number of amides is 1. The minimum absolute atomic E-state index is 0.155. The maximum atomic E-state index is 12.4. The quantitative estimate of drug-likeness (QED) is 0.809. The third-order valence-electron chi connectivity index (χ3n) is 2.75. The standard InChI is InChI=1S/C14H14ClN3O/c1-3-11-8-10(9-12(15)17-11)14(19)18(2)13-6-4-5-7-16-13/h4-9H,3H2,1-2H3. The summed E-state index contributed by atoms with van der Waals surface area (Å²) >= 11 is 5.93. The van der Waals surface area contributed by atoms with E-state index in [0.29, 0.717) is 16.5 Å². The van der Waals surface area contributed by atoms with E-state index in [0.717, 1.165) is 12.1 Å². The van der Waals surface area contributed by atoms with Gasteiger partial charge in [-0.3, -0.25) is 9.69 Å². The molecule has 0 aromatic carbocycles. The van der Waals surface area contributed by atoms with Gasteiger partial charge in [0.1, 0.15) is 11.0 Å². The summed E-state index contributed by atoms with van der Waals surface area (Å²) in [5, 5.41) is 0.331. The molecule has 1 amide bonds. The minimum Gasteiger partial charge on any atom is -0.296 e. The Bertz CT molecular complexity index is 586. The van der Waals surface area contributed by atoms with Crippen LogP contribution < -0.4 is 4.90 Å². The van der Waals surface area contributed by atoms with Gasteiger partial charge in [0.25, 0.3) is 5.91 Å². The van der Waals surface area contributed by atoms with Crippen LogP contribution in [0, 0.1) is 0 Å². The Morgan fingerprint density at radius 2 is 2.16 bits per heavy atom. The van der Waals surface area contributed by atoms with E-state index in [9.17, 15) is 4.79 Å². The van der Waals surface area contributed by atoms with Gasteiger partial charge in [-0.25, -0.2) is 9.97 Å². The summed E-state index contributed by atoms with van der Waals surface area (Å²) in [5.41, 5.74) is 1.32. The van der Waals surface area contributed by atoms with Gasteiger partial charge in [-0.15, -0.1) is 0 Å². The first-order valence-electron chi connectivity index (χ1n) is 5.97. The fourth-order valence-electron chi connectivity index (χ4n) is 1.71. The lowest BCUT2D eigenvalue weighted by atomic mass is 10.2. The highest BCUT2D eigenvalue weighted by Gasteiger charge is 2.15. The van der Waals surface area contributed by atoms with Crippen molar-refractivity contribution in [3.63, 3.8) is 0 Å². The molecule has 0 radical (unpaired) electrons. The van der Waals surface area contributed by atoms with Gasteiger partial charge >= 0.3 is 0 Å². The predicted molar refractivity (Wildman–Crippen MR) is 75.6 cm³/mol. The molecule has 2 aromatic rings. The number of halogens is 1. The van der Waals surface area contributed by atoms with E-state index in [-0.39, 0.29) is 5.91 Å². The van der Waals surface area contributed by atoms with E-state index < -0.39 is 0 Å². The van der Waals surface area contributed by atoms with Crippen molar-refractivity contribution >= 4 is 23.3 Å². The first-order chi connectivity index (χ1) is 9.11. The van der Waals surface area contributed by atoms with E-state index in [1.54, 1.807) is 37.5 Å². The lowest BCUT2D eigenvalue weighted by Crippen LogP contribution is -2.27. The van der Waals surface area contributed by atoms with Crippen LogP contribution in [0.5, 0.6) is 0 Å². The van der Waals surface area contributed by atoms with Gasteiger partial charge in [0.15, 0.2) is 0 Å². The summed E-state index contributed by atoms with van der Waals surface area (Å²) in [7, 11) is 1.69. The number of hydrogen-bond donors (Lipinski definition) is 0. The van der Waals surface area contributed by atoms with Gasteiger partial charge in [-0.2, -0.15) is 0 Å². The van der Waals surface area contributed by atoms with Gasteiger partial charge in [-0.05, 0) is 30.7 Å². The van der Waals surface area contributed by atoms with Crippen LogP contribution in [0.3, 0.4) is 0 Å². The summed E-state index contributed by atoms with van der Waals surface area (Å²) in [4.78, 5) is 22.1. The number of aromatic nitrogens is 2. The highest BCUT2D eigenvalue weighted by atomic mass is 35.5. The second-order valence-corrected chi connectivity index (χ2v) is 4.46. The first kappa shape index (κ1) is 13.5. The Kier molecular flexibility index (Phi) is 4.12. The van der Waals surface area contributed by atoms with Crippen LogP contribution in [-0.4, -0.2) is 22.9 Å². The van der Waals surface area contributed by atoms with Crippen LogP contribution in [0.4, 0.5) is 5.82 Å². The smallest absolute Gasteiger partial charge is 0.259 e. The van der Waals surface area contributed by atoms with E-state index in [2.05, 4.69) is 9.97 Å². The third-order valence-corrected chi connectivity index (χ3v) is 2.95. The Morgan fingerprint density at radius 3 is 2.79 bits per heavy atom. The number of aryl methyl sites for hydroxylation is 1. The maximum absolute atomic E-state index is 12.4. The van der Waals surface area contributed by atoms with Gasteiger partial charge in [0, 0.05) is 24.5 Å². The molecule has 0 atom stereocenters. The molecule has 19 heavy (non-hydrogen) atoms. The monoisotopic (exact) mass is 275 g/mol. The second kappa shape index (κ2) is 5.80. The summed E-state index contributed by atoms with van der Waals surface area (Å²) in [6.45, 7) is 1.97. The van der Waals surface area contributed by atoms with Crippen LogP contribution >= 0.6 is 11.6 Å². The SMILES string of the molecule is CCc1cc(C(=O)N(C)c2ccccn2)cc(Cl)n1. The zero-order valence-corrected chi connectivity index (χ0v) is 11.6. The van der Waals surface area contributed by atoms with Crippen molar-refractivity contribution in [2.24, 2.45) is 0 Å². The summed E-state index contributed by atoms with van der Waals surface area (Å²) in [6, 6.07) is 8.75. The molecule has 0 N–H and O–H groups in total. The number of carbonyl (C=O) groups excluding carboxylic acids is 1. The molecule has 0 saturated carbocycles. The minimum atomic E-state index is -0.155. The van der Waals surface area contributed by atoms with E-state index in [1.807, 2.05) is 13.0 Å². The predicted octanol–water partition coefficient (Wildman–Crippen LogP) is 2.97. The van der Waals surface area contributed by atoms with Crippen LogP contribution in [0.25, 0.3) is 0 Å². The molecule has 0 aliphatic heterocycles. The molecule has 4 nitrogen and oxygen atoms in total. The topological polar surface area (TPSA) is 46.1 Å². The molecule has 5 heteroatoms. The van der Waals surface area contributed by atoms with Crippen LogP contribution in [-0.2, 0) is 6.42 Å². The molecule has 0 fully saturated rings. The Balaban J connectivity index is 2.31. The van der Waals surface area contributed by atoms with Crippen molar-refractivity contribution in [1.29, 1.82) is 0 Å². The highest BCUT2D eigenvalue weighted by molar-refractivity contribution is 6.29. The van der Waals surface area contributed by atoms with Crippen molar-refractivity contribution in [1.82, 2.24) is 9.97 Å². The Hall–Kier alpha value is -1.94. The van der Waals surface area contributed by atoms with Gasteiger partial charge < -0.3 is 0 Å². The largest absolute Gasteiger partial charge is 0.296 e. The van der Waals surface area contributed by atoms with Gasteiger partial charge in [0.2, 0.25) is 0 Å². The molecule has 0 aliphatic rings. The van der Waals surface area contributed by atoms with Gasteiger partial charge in [0.05, 0.1) is 0 Å². The van der Waals surface area contributed by atoms with E-state index in [1.165, 1.54) is 4.90 Å². The fourth-order valence-corrected chi connectivity index (χ4v) is 1.93. The Morgan fingerprint density at radius 1 is 1.37 bits per heavy atom. The van der Waals surface area contributed by atoms with Crippen molar-refractivity contribution < 1.29 is 4.79 Å². The fraction of sp³-hybridized carbons (Fsp3) is 0.214. The van der Waals surface area contributed by atoms with Crippen LogP contribution in [0.15, 0.2) is 36.5 Å². The van der Waals surface area contributed by atoms with Crippen LogP contribution in [0.1, 0.15) is 23.0 Å². The number of rotatable bonds is 3. The first-order valence-corrected chi connectivity index (χ1v) is 6.35. The van der Waals surface area contributed by atoms with Crippen molar-refractivity contribution in [3.8, 4) is 0 Å². The molecule has 0 bridgehead atoms. The molecule has 0 saturated heterocycles. The number of hydrogen-bond acceptors (Lipinski definition) is 3. The zero-order valence-electron chi connectivity index (χ0n) is 10.8. The van der Waals surface area contributed by atoms with Crippen LogP contribution in [0.2, 0.25) is 5.15 Å². The summed E-state index contributed by atoms with van der Waals surface area (Å²) in [5.74, 6) is 0.441. The zero-order chi connectivity index (χ0) is 13.8.